The number of rotatable bonds is 12. The molecule has 0 saturated carbocycles. The Kier molecular flexibility index (Phi) is 9.38. The number of thioether (sulfide) groups is 1. The van der Waals surface area contributed by atoms with Crippen molar-refractivity contribution < 1.29 is 14.3 Å². The Morgan fingerprint density at radius 3 is 2.74 bits per heavy atom. The Hall–Kier alpha value is -3.01. The molecule has 3 N–H and O–H groups in total. The molecule has 2 amide bonds. The van der Waals surface area contributed by atoms with Crippen molar-refractivity contribution >= 4 is 52.5 Å². The molecular formula is C23H23Cl2N5O3S. The van der Waals surface area contributed by atoms with Gasteiger partial charge in [-0.15, -0.1) is 16.8 Å². The van der Waals surface area contributed by atoms with Crippen LogP contribution in [0.25, 0.3) is 0 Å². The molecule has 0 bridgehead atoms. The van der Waals surface area contributed by atoms with Crippen LogP contribution in [-0.2, 0) is 17.8 Å². The molecule has 0 radical (unpaired) electrons. The second kappa shape index (κ2) is 12.5. The highest BCUT2D eigenvalue weighted by molar-refractivity contribution is 7.99. The van der Waals surface area contributed by atoms with Gasteiger partial charge in [0.1, 0.15) is 11.6 Å². The zero-order valence-electron chi connectivity index (χ0n) is 18.2. The normalized spacial score (nSPS) is 10.6. The SMILES string of the molecule is C=CCn1c(CCCOc2ccc(Cl)cc2Cl)nnc1SCC(=O)Nc1ccccc1C(N)=O. The van der Waals surface area contributed by atoms with E-state index < -0.39 is 5.91 Å². The molecule has 178 valence electrons. The van der Waals surface area contributed by atoms with Crippen molar-refractivity contribution in [2.45, 2.75) is 24.5 Å². The van der Waals surface area contributed by atoms with Crippen LogP contribution in [0.15, 0.2) is 60.3 Å². The first-order valence-electron chi connectivity index (χ1n) is 10.3. The average Bonchev–Trinajstić information content (AvgIpc) is 3.18. The Bertz CT molecular complexity index is 1190. The topological polar surface area (TPSA) is 112 Å². The van der Waals surface area contributed by atoms with Gasteiger partial charge in [0, 0.05) is 18.0 Å². The number of nitrogens with zero attached hydrogens (tertiary/aromatic N) is 3. The minimum absolute atomic E-state index is 0.0839. The first-order chi connectivity index (χ1) is 16.4. The van der Waals surface area contributed by atoms with E-state index in [9.17, 15) is 9.59 Å². The van der Waals surface area contributed by atoms with Gasteiger partial charge >= 0.3 is 0 Å². The number of amides is 2. The number of aryl methyl sites for hydroxylation is 1. The third kappa shape index (κ3) is 6.99. The molecule has 1 aromatic heterocycles. The molecule has 0 unspecified atom stereocenters. The largest absolute Gasteiger partial charge is 0.492 e. The number of hydrogen-bond donors (Lipinski definition) is 2. The highest BCUT2D eigenvalue weighted by Gasteiger charge is 2.15. The minimum atomic E-state index is -0.610. The number of benzene rings is 2. The average molecular weight is 520 g/mol. The zero-order chi connectivity index (χ0) is 24.5. The molecule has 0 aliphatic heterocycles. The third-order valence-corrected chi connectivity index (χ3v) is 6.10. The van der Waals surface area contributed by atoms with Crippen molar-refractivity contribution in [1.29, 1.82) is 0 Å². The lowest BCUT2D eigenvalue weighted by molar-refractivity contribution is -0.113. The van der Waals surface area contributed by atoms with Crippen LogP contribution >= 0.6 is 35.0 Å². The van der Waals surface area contributed by atoms with Gasteiger partial charge in [0.25, 0.3) is 5.91 Å². The number of halogens is 2. The zero-order valence-corrected chi connectivity index (χ0v) is 20.5. The quantitative estimate of drug-likeness (QED) is 0.205. The standard InChI is InChI=1S/C23H23Cl2N5O3S/c1-2-11-30-20(8-5-12-33-19-10-9-15(24)13-17(19)25)28-29-23(30)34-14-21(31)27-18-7-4-3-6-16(18)22(26)32/h2-4,6-7,9-10,13H,1,5,8,11-12,14H2,(H2,26,32)(H,27,31). The molecule has 2 aromatic carbocycles. The molecule has 1 heterocycles. The number of nitrogens with one attached hydrogen (secondary N) is 1. The van der Waals surface area contributed by atoms with Gasteiger partial charge in [0.05, 0.1) is 28.6 Å². The number of carbonyl (C=O) groups is 2. The van der Waals surface area contributed by atoms with Gasteiger partial charge in [-0.1, -0.05) is 53.2 Å². The van der Waals surface area contributed by atoms with Crippen molar-refractivity contribution in [2.24, 2.45) is 5.73 Å². The molecule has 0 aliphatic carbocycles. The monoisotopic (exact) mass is 519 g/mol. The molecule has 0 aliphatic rings. The maximum Gasteiger partial charge on any atom is 0.250 e. The van der Waals surface area contributed by atoms with Crippen LogP contribution in [0.1, 0.15) is 22.6 Å². The van der Waals surface area contributed by atoms with Crippen LogP contribution in [0.5, 0.6) is 5.75 Å². The van der Waals surface area contributed by atoms with Gasteiger partial charge < -0.3 is 20.4 Å². The Morgan fingerprint density at radius 1 is 1.21 bits per heavy atom. The summed E-state index contributed by atoms with van der Waals surface area (Å²) in [6.07, 6.45) is 3.04. The number of allylic oxidation sites excluding steroid dienone is 1. The van der Waals surface area contributed by atoms with Crippen molar-refractivity contribution in [2.75, 3.05) is 17.7 Å². The number of anilines is 1. The van der Waals surface area contributed by atoms with E-state index in [1.165, 1.54) is 11.8 Å². The summed E-state index contributed by atoms with van der Waals surface area (Å²) in [6, 6.07) is 11.7. The molecule has 0 fully saturated rings. The lowest BCUT2D eigenvalue weighted by Crippen LogP contribution is -2.19. The predicted octanol–water partition coefficient (Wildman–Crippen LogP) is 4.61. The molecule has 3 rings (SSSR count). The Balaban J connectivity index is 1.55. The summed E-state index contributed by atoms with van der Waals surface area (Å²) in [6.45, 7) is 4.73. The van der Waals surface area contributed by atoms with Gasteiger partial charge in [-0.05, 0) is 36.8 Å². The number of nitrogens with two attached hydrogens (primary N) is 1. The lowest BCUT2D eigenvalue weighted by atomic mass is 10.1. The summed E-state index contributed by atoms with van der Waals surface area (Å²) < 4.78 is 7.62. The number of hydrogen-bond acceptors (Lipinski definition) is 6. The first kappa shape index (κ1) is 25.6. The fourth-order valence-electron chi connectivity index (χ4n) is 3.05. The van der Waals surface area contributed by atoms with Crippen LogP contribution in [0, 0.1) is 0 Å². The third-order valence-electron chi connectivity index (χ3n) is 4.60. The molecule has 0 atom stereocenters. The summed E-state index contributed by atoms with van der Waals surface area (Å²) in [5, 5.41) is 12.8. The van der Waals surface area contributed by atoms with Crippen LogP contribution in [0.4, 0.5) is 5.69 Å². The van der Waals surface area contributed by atoms with Crippen LogP contribution in [0.2, 0.25) is 10.0 Å². The number of ether oxygens (including phenoxy) is 1. The number of para-hydroxylation sites is 1. The van der Waals surface area contributed by atoms with E-state index in [0.717, 1.165) is 5.82 Å². The van der Waals surface area contributed by atoms with E-state index in [1.54, 1.807) is 48.5 Å². The van der Waals surface area contributed by atoms with E-state index in [4.69, 9.17) is 33.7 Å². The van der Waals surface area contributed by atoms with E-state index >= 15 is 0 Å². The Labute approximate surface area is 211 Å². The summed E-state index contributed by atoms with van der Waals surface area (Å²) in [7, 11) is 0. The van der Waals surface area contributed by atoms with Crippen molar-refractivity contribution in [1.82, 2.24) is 14.8 Å². The van der Waals surface area contributed by atoms with E-state index in [0.29, 0.717) is 52.6 Å². The molecular weight excluding hydrogens is 497 g/mol. The van der Waals surface area contributed by atoms with Gasteiger partial charge in [0.15, 0.2) is 5.16 Å². The molecule has 34 heavy (non-hydrogen) atoms. The summed E-state index contributed by atoms with van der Waals surface area (Å²) >= 11 is 13.3. The fraction of sp³-hybridized carbons (Fsp3) is 0.217. The Morgan fingerprint density at radius 2 is 2.00 bits per heavy atom. The smallest absolute Gasteiger partial charge is 0.250 e. The summed E-state index contributed by atoms with van der Waals surface area (Å²) in [5.41, 5.74) is 5.98. The first-order valence-corrected chi connectivity index (χ1v) is 12.1. The fourth-order valence-corrected chi connectivity index (χ4v) is 4.28. The predicted molar refractivity (Wildman–Crippen MR) is 135 cm³/mol. The van der Waals surface area contributed by atoms with Gasteiger partial charge in [-0.2, -0.15) is 0 Å². The van der Waals surface area contributed by atoms with Crippen LogP contribution < -0.4 is 15.8 Å². The lowest BCUT2D eigenvalue weighted by Gasteiger charge is -2.10. The molecule has 3 aromatic rings. The number of primary amides is 1. The van der Waals surface area contributed by atoms with E-state index in [2.05, 4.69) is 22.1 Å². The van der Waals surface area contributed by atoms with Crippen LogP contribution in [-0.4, -0.2) is 38.9 Å². The van der Waals surface area contributed by atoms with E-state index in [-0.39, 0.29) is 17.2 Å². The minimum Gasteiger partial charge on any atom is -0.492 e. The van der Waals surface area contributed by atoms with Gasteiger partial charge in [-0.25, -0.2) is 0 Å². The highest BCUT2D eigenvalue weighted by atomic mass is 35.5. The molecule has 11 heteroatoms. The molecule has 0 saturated heterocycles. The van der Waals surface area contributed by atoms with Gasteiger partial charge in [0.2, 0.25) is 5.91 Å². The van der Waals surface area contributed by atoms with Crippen molar-refractivity contribution in [3.8, 4) is 5.75 Å². The second-order valence-corrected chi connectivity index (χ2v) is 8.86. The van der Waals surface area contributed by atoms with Crippen molar-refractivity contribution in [3.05, 3.63) is 76.6 Å². The second-order valence-electron chi connectivity index (χ2n) is 7.07. The number of aromatic nitrogens is 3. The summed E-state index contributed by atoms with van der Waals surface area (Å²) in [4.78, 5) is 24.0. The van der Waals surface area contributed by atoms with Crippen LogP contribution in [0.3, 0.4) is 0 Å². The maximum absolute atomic E-state index is 12.4. The van der Waals surface area contributed by atoms with Gasteiger partial charge in [-0.3, -0.25) is 9.59 Å². The molecule has 8 nitrogen and oxygen atoms in total. The summed E-state index contributed by atoms with van der Waals surface area (Å²) in [5.74, 6) is 0.509. The van der Waals surface area contributed by atoms with Crippen molar-refractivity contribution in [3.63, 3.8) is 0 Å². The highest BCUT2D eigenvalue weighted by Crippen LogP contribution is 2.27. The molecule has 0 spiro atoms. The maximum atomic E-state index is 12.4. The van der Waals surface area contributed by atoms with E-state index in [1.807, 2.05) is 4.57 Å². The number of carbonyl (C=O) groups excluding carboxylic acids is 2.